The second-order valence-corrected chi connectivity index (χ2v) is 5.68. The Hall–Kier alpha value is -2.79. The number of nitrogens with one attached hydrogen (secondary N) is 3. The van der Waals surface area contributed by atoms with E-state index >= 15 is 0 Å². The number of halogens is 1. The fraction of sp³-hybridized carbons (Fsp3) is 0.111. The van der Waals surface area contributed by atoms with Crippen LogP contribution in [0.15, 0.2) is 48.5 Å². The van der Waals surface area contributed by atoms with E-state index in [1.807, 2.05) is 31.2 Å². The first kappa shape index (κ1) is 16.1. The largest absolute Gasteiger partial charge is 0.351 e. The van der Waals surface area contributed by atoms with Crippen molar-refractivity contribution in [2.75, 3.05) is 11.9 Å². The molecule has 0 aliphatic carbocycles. The van der Waals surface area contributed by atoms with Crippen LogP contribution in [0, 0.1) is 0 Å². The monoisotopic (exact) mass is 341 g/mol. The molecule has 0 unspecified atom stereocenters. The van der Waals surface area contributed by atoms with E-state index in [-0.39, 0.29) is 11.8 Å². The van der Waals surface area contributed by atoms with Crippen molar-refractivity contribution in [3.05, 3.63) is 64.8 Å². The minimum atomic E-state index is -0.304. The Morgan fingerprint density at radius 3 is 2.46 bits per heavy atom. The predicted molar refractivity (Wildman–Crippen MR) is 95.7 cm³/mol. The summed E-state index contributed by atoms with van der Waals surface area (Å²) in [6.07, 6.45) is 0. The average molecular weight is 342 g/mol. The number of benzene rings is 2. The van der Waals surface area contributed by atoms with Crippen LogP contribution >= 0.6 is 11.6 Å². The molecule has 2 amide bonds. The number of fused-ring (bicyclic) bond motifs is 1. The van der Waals surface area contributed by atoms with Gasteiger partial charge in [-0.2, -0.15) is 0 Å². The lowest BCUT2D eigenvalue weighted by atomic mass is 10.1. The summed E-state index contributed by atoms with van der Waals surface area (Å²) in [5.74, 6) is -0.568. The van der Waals surface area contributed by atoms with Crippen LogP contribution in [0.3, 0.4) is 0 Å². The molecule has 0 atom stereocenters. The van der Waals surface area contributed by atoms with Gasteiger partial charge in [-0.1, -0.05) is 29.8 Å². The van der Waals surface area contributed by atoms with Crippen molar-refractivity contribution in [2.45, 2.75) is 6.92 Å². The molecule has 0 bridgehead atoms. The highest BCUT2D eigenvalue weighted by Crippen LogP contribution is 2.28. The minimum absolute atomic E-state index is 0.264. The predicted octanol–water partition coefficient (Wildman–Crippen LogP) is 3.82. The van der Waals surface area contributed by atoms with Crippen molar-refractivity contribution in [1.29, 1.82) is 0 Å². The molecule has 2 aromatic carbocycles. The van der Waals surface area contributed by atoms with E-state index in [2.05, 4.69) is 15.6 Å². The van der Waals surface area contributed by atoms with Gasteiger partial charge in [0.15, 0.2) is 0 Å². The van der Waals surface area contributed by atoms with Crippen molar-refractivity contribution in [1.82, 2.24) is 10.3 Å². The minimum Gasteiger partial charge on any atom is -0.351 e. The molecule has 6 heteroatoms. The third kappa shape index (κ3) is 3.12. The smallest absolute Gasteiger partial charge is 0.269 e. The maximum Gasteiger partial charge on any atom is 0.269 e. The first-order chi connectivity index (χ1) is 11.6. The third-order valence-electron chi connectivity index (χ3n) is 3.62. The zero-order valence-corrected chi connectivity index (χ0v) is 13.8. The molecular formula is C18H16ClN3O2. The Morgan fingerprint density at radius 1 is 1.04 bits per heavy atom. The fourth-order valence-corrected chi connectivity index (χ4v) is 2.60. The van der Waals surface area contributed by atoms with Gasteiger partial charge in [0.25, 0.3) is 11.8 Å². The number of anilines is 1. The lowest BCUT2D eigenvalue weighted by molar-refractivity contribution is 0.0952. The van der Waals surface area contributed by atoms with Gasteiger partial charge in [-0.05, 0) is 37.3 Å². The molecule has 0 aliphatic heterocycles. The van der Waals surface area contributed by atoms with Crippen LogP contribution in [0.1, 0.15) is 27.8 Å². The molecule has 0 fully saturated rings. The SMILES string of the molecule is CCNC(=O)c1[nH]c2ccccc2c1NC(=O)c1ccc(Cl)cc1. The van der Waals surface area contributed by atoms with Crippen molar-refractivity contribution < 1.29 is 9.59 Å². The second-order valence-electron chi connectivity index (χ2n) is 5.24. The first-order valence-corrected chi connectivity index (χ1v) is 7.93. The number of aromatic amines is 1. The maximum absolute atomic E-state index is 12.5. The average Bonchev–Trinajstić information content (AvgIpc) is 2.94. The zero-order valence-electron chi connectivity index (χ0n) is 13.0. The van der Waals surface area contributed by atoms with E-state index in [9.17, 15) is 9.59 Å². The highest BCUT2D eigenvalue weighted by molar-refractivity contribution is 6.30. The van der Waals surface area contributed by atoms with Crippen molar-refractivity contribution in [3.8, 4) is 0 Å². The summed E-state index contributed by atoms with van der Waals surface area (Å²) in [7, 11) is 0. The molecule has 1 heterocycles. The van der Waals surface area contributed by atoms with Gasteiger partial charge in [-0.3, -0.25) is 9.59 Å². The molecule has 1 aromatic heterocycles. The zero-order chi connectivity index (χ0) is 17.1. The van der Waals surface area contributed by atoms with Crippen LogP contribution in [0.5, 0.6) is 0 Å². The summed E-state index contributed by atoms with van der Waals surface area (Å²) in [6, 6.07) is 14.0. The Kier molecular flexibility index (Phi) is 4.53. The normalized spacial score (nSPS) is 10.6. The summed E-state index contributed by atoms with van der Waals surface area (Å²) < 4.78 is 0. The Morgan fingerprint density at radius 2 is 1.75 bits per heavy atom. The molecule has 0 radical (unpaired) electrons. The van der Waals surface area contributed by atoms with Crippen LogP contribution in [-0.2, 0) is 0 Å². The number of hydrogen-bond donors (Lipinski definition) is 3. The number of aromatic nitrogens is 1. The van der Waals surface area contributed by atoms with Gasteiger partial charge in [-0.15, -0.1) is 0 Å². The summed E-state index contributed by atoms with van der Waals surface area (Å²) in [4.78, 5) is 27.9. The van der Waals surface area contributed by atoms with Gasteiger partial charge in [0.05, 0.1) is 5.69 Å². The maximum atomic E-state index is 12.5. The first-order valence-electron chi connectivity index (χ1n) is 7.56. The van der Waals surface area contributed by atoms with E-state index in [0.717, 1.165) is 10.9 Å². The van der Waals surface area contributed by atoms with Crippen LogP contribution < -0.4 is 10.6 Å². The summed E-state index contributed by atoms with van der Waals surface area (Å²) in [5.41, 5.74) is 2.05. The Bertz CT molecular complexity index is 900. The molecule has 24 heavy (non-hydrogen) atoms. The van der Waals surface area contributed by atoms with E-state index in [4.69, 9.17) is 11.6 Å². The van der Waals surface area contributed by atoms with Gasteiger partial charge in [0, 0.05) is 28.0 Å². The van der Waals surface area contributed by atoms with Crippen molar-refractivity contribution in [2.24, 2.45) is 0 Å². The molecule has 122 valence electrons. The quantitative estimate of drug-likeness (QED) is 0.674. The molecule has 0 saturated carbocycles. The lowest BCUT2D eigenvalue weighted by Gasteiger charge is -2.08. The Labute approximate surface area is 144 Å². The number of carbonyl (C=O) groups excluding carboxylic acids is 2. The van der Waals surface area contributed by atoms with Crippen LogP contribution in [0.2, 0.25) is 5.02 Å². The summed E-state index contributed by atoms with van der Waals surface area (Å²) >= 11 is 5.85. The second kappa shape index (κ2) is 6.76. The number of rotatable bonds is 4. The van der Waals surface area contributed by atoms with Crippen molar-refractivity contribution >= 4 is 40.0 Å². The van der Waals surface area contributed by atoms with Crippen LogP contribution in [0.25, 0.3) is 10.9 Å². The highest BCUT2D eigenvalue weighted by atomic mass is 35.5. The number of para-hydroxylation sites is 1. The number of H-pyrrole nitrogens is 1. The molecule has 3 aromatic rings. The third-order valence-corrected chi connectivity index (χ3v) is 3.87. The standard InChI is InChI=1S/C18H16ClN3O2/c1-2-20-18(24)16-15(13-5-3-4-6-14(13)21-16)22-17(23)11-7-9-12(19)10-8-11/h3-10,21H,2H2,1H3,(H,20,24)(H,22,23). The van der Waals surface area contributed by atoms with Crippen LogP contribution in [-0.4, -0.2) is 23.3 Å². The van der Waals surface area contributed by atoms with Crippen LogP contribution in [0.4, 0.5) is 5.69 Å². The van der Waals surface area contributed by atoms with Gasteiger partial charge in [0.2, 0.25) is 0 Å². The molecule has 5 nitrogen and oxygen atoms in total. The van der Waals surface area contributed by atoms with Gasteiger partial charge >= 0.3 is 0 Å². The van der Waals surface area contributed by atoms with E-state index in [1.54, 1.807) is 24.3 Å². The molecule has 3 N–H and O–H groups in total. The van der Waals surface area contributed by atoms with Crippen molar-refractivity contribution in [3.63, 3.8) is 0 Å². The van der Waals surface area contributed by atoms with Gasteiger partial charge in [0.1, 0.15) is 5.69 Å². The molecule has 0 aliphatic rings. The summed E-state index contributed by atoms with van der Waals surface area (Å²) in [6.45, 7) is 2.34. The number of hydrogen-bond acceptors (Lipinski definition) is 2. The number of carbonyl (C=O) groups is 2. The Balaban J connectivity index is 2.00. The molecule has 3 rings (SSSR count). The molecule has 0 saturated heterocycles. The fourth-order valence-electron chi connectivity index (χ4n) is 2.48. The van der Waals surface area contributed by atoms with Gasteiger partial charge in [-0.25, -0.2) is 0 Å². The highest BCUT2D eigenvalue weighted by Gasteiger charge is 2.19. The molecule has 0 spiro atoms. The lowest BCUT2D eigenvalue weighted by Crippen LogP contribution is -2.24. The topological polar surface area (TPSA) is 74.0 Å². The van der Waals surface area contributed by atoms with E-state index in [1.165, 1.54) is 0 Å². The molecular weight excluding hydrogens is 326 g/mol. The van der Waals surface area contributed by atoms with Gasteiger partial charge < -0.3 is 15.6 Å². The summed E-state index contributed by atoms with van der Waals surface area (Å²) in [5, 5.41) is 6.92. The van der Waals surface area contributed by atoms with E-state index < -0.39 is 0 Å². The number of amides is 2. The van der Waals surface area contributed by atoms with E-state index in [0.29, 0.717) is 28.5 Å².